The van der Waals surface area contributed by atoms with E-state index in [1.165, 1.54) is 23.4 Å². The maximum absolute atomic E-state index is 13.2. The average Bonchev–Trinajstić information content (AvgIpc) is 2.53. The molecular weight excluding hydrogens is 334 g/mol. The molecule has 0 spiro atoms. The third-order valence-electron chi connectivity index (χ3n) is 4.00. The molecular formula is C20H25NO3S. The van der Waals surface area contributed by atoms with Crippen LogP contribution in [0, 0.1) is 19.8 Å². The SMILES string of the molecule is CC(=O)c1ccc(S(=O)(=O)N(CC(C)C)c2ccc(C)cc2C)cc1. The van der Waals surface area contributed by atoms with E-state index in [-0.39, 0.29) is 16.6 Å². The molecule has 4 nitrogen and oxygen atoms in total. The molecule has 2 aromatic rings. The highest BCUT2D eigenvalue weighted by Gasteiger charge is 2.26. The second-order valence-corrected chi connectivity index (χ2v) is 8.66. The zero-order valence-electron chi connectivity index (χ0n) is 15.4. The summed E-state index contributed by atoms with van der Waals surface area (Å²) in [6.07, 6.45) is 0. The van der Waals surface area contributed by atoms with Crippen LogP contribution in [0.3, 0.4) is 0 Å². The topological polar surface area (TPSA) is 54.5 Å². The van der Waals surface area contributed by atoms with Gasteiger partial charge >= 0.3 is 0 Å². The van der Waals surface area contributed by atoms with Crippen molar-refractivity contribution >= 4 is 21.5 Å². The second-order valence-electron chi connectivity index (χ2n) is 6.80. The Morgan fingerprint density at radius 3 is 2.12 bits per heavy atom. The van der Waals surface area contributed by atoms with Gasteiger partial charge in [0.2, 0.25) is 0 Å². The maximum Gasteiger partial charge on any atom is 0.264 e. The van der Waals surface area contributed by atoms with Crippen LogP contribution in [-0.4, -0.2) is 20.7 Å². The molecule has 25 heavy (non-hydrogen) atoms. The molecule has 0 unspecified atom stereocenters. The molecule has 134 valence electrons. The molecule has 0 amide bonds. The minimum atomic E-state index is -3.70. The van der Waals surface area contributed by atoms with Crippen molar-refractivity contribution in [3.05, 3.63) is 59.2 Å². The normalized spacial score (nSPS) is 11.6. The van der Waals surface area contributed by atoms with Crippen LogP contribution in [0.15, 0.2) is 47.4 Å². The number of sulfonamides is 1. The fraction of sp³-hybridized carbons (Fsp3) is 0.350. The number of nitrogens with zero attached hydrogens (tertiary/aromatic N) is 1. The van der Waals surface area contributed by atoms with Crippen molar-refractivity contribution in [1.29, 1.82) is 0 Å². The van der Waals surface area contributed by atoms with Crippen molar-refractivity contribution in [2.24, 2.45) is 5.92 Å². The van der Waals surface area contributed by atoms with E-state index in [1.54, 1.807) is 12.1 Å². The zero-order chi connectivity index (χ0) is 18.8. The smallest absolute Gasteiger partial charge is 0.264 e. The summed E-state index contributed by atoms with van der Waals surface area (Å²) < 4.78 is 27.9. The Balaban J connectivity index is 2.53. The Bertz CT molecular complexity index is 868. The van der Waals surface area contributed by atoms with Gasteiger partial charge in [-0.1, -0.05) is 43.7 Å². The number of rotatable bonds is 6. The van der Waals surface area contributed by atoms with Crippen LogP contribution in [0.1, 0.15) is 42.3 Å². The zero-order valence-corrected chi connectivity index (χ0v) is 16.2. The van der Waals surface area contributed by atoms with Crippen molar-refractivity contribution < 1.29 is 13.2 Å². The third-order valence-corrected chi connectivity index (χ3v) is 5.79. The van der Waals surface area contributed by atoms with Crippen molar-refractivity contribution in [2.45, 2.75) is 39.5 Å². The van der Waals surface area contributed by atoms with E-state index in [4.69, 9.17) is 0 Å². The molecule has 0 aliphatic heterocycles. The molecule has 0 atom stereocenters. The highest BCUT2D eigenvalue weighted by atomic mass is 32.2. The summed E-state index contributed by atoms with van der Waals surface area (Å²) >= 11 is 0. The molecule has 2 rings (SSSR count). The van der Waals surface area contributed by atoms with Crippen LogP contribution >= 0.6 is 0 Å². The van der Waals surface area contributed by atoms with Crippen molar-refractivity contribution in [3.8, 4) is 0 Å². The largest absolute Gasteiger partial charge is 0.295 e. The standard InChI is InChI=1S/C20H25NO3S/c1-14(2)13-21(20-11-6-15(3)12-16(20)4)25(23,24)19-9-7-18(8-10-19)17(5)22/h6-12,14H,13H2,1-5H3. The van der Waals surface area contributed by atoms with Gasteiger partial charge in [0.15, 0.2) is 5.78 Å². The molecule has 0 aromatic heterocycles. The summed E-state index contributed by atoms with van der Waals surface area (Å²) in [5, 5.41) is 0. The quantitative estimate of drug-likeness (QED) is 0.720. The Hall–Kier alpha value is -2.14. The lowest BCUT2D eigenvalue weighted by Gasteiger charge is -2.28. The van der Waals surface area contributed by atoms with Gasteiger partial charge in [-0.15, -0.1) is 0 Å². The summed E-state index contributed by atoms with van der Waals surface area (Å²) in [5.74, 6) is 0.0873. The van der Waals surface area contributed by atoms with E-state index in [9.17, 15) is 13.2 Å². The minimum Gasteiger partial charge on any atom is -0.295 e. The number of anilines is 1. The van der Waals surface area contributed by atoms with E-state index in [0.717, 1.165) is 11.1 Å². The minimum absolute atomic E-state index is 0.0858. The molecule has 0 heterocycles. The predicted molar refractivity (Wildman–Crippen MR) is 102 cm³/mol. The number of hydrogen-bond acceptors (Lipinski definition) is 3. The van der Waals surface area contributed by atoms with E-state index >= 15 is 0 Å². The lowest BCUT2D eigenvalue weighted by atomic mass is 10.1. The number of Topliss-reactive ketones (excluding diaryl/α,β-unsaturated/α-hetero) is 1. The Morgan fingerprint density at radius 1 is 1.04 bits per heavy atom. The van der Waals surface area contributed by atoms with Gasteiger partial charge in [0.1, 0.15) is 0 Å². The second kappa shape index (κ2) is 7.40. The van der Waals surface area contributed by atoms with Gasteiger partial charge in [0.25, 0.3) is 10.0 Å². The first-order valence-electron chi connectivity index (χ1n) is 8.34. The van der Waals surface area contributed by atoms with E-state index in [2.05, 4.69) is 0 Å². The number of benzene rings is 2. The first kappa shape index (κ1) is 19.2. The monoisotopic (exact) mass is 359 g/mol. The highest BCUT2D eigenvalue weighted by Crippen LogP contribution is 2.28. The molecule has 0 bridgehead atoms. The first-order valence-corrected chi connectivity index (χ1v) is 9.78. The molecule has 0 fully saturated rings. The number of carbonyl (C=O) groups is 1. The van der Waals surface area contributed by atoms with Crippen molar-refractivity contribution in [3.63, 3.8) is 0 Å². The Labute approximate surface area is 150 Å². The van der Waals surface area contributed by atoms with Crippen LogP contribution in [0.5, 0.6) is 0 Å². The number of aryl methyl sites for hydroxylation is 2. The van der Waals surface area contributed by atoms with Crippen molar-refractivity contribution in [2.75, 3.05) is 10.8 Å². The molecule has 0 aliphatic rings. The summed E-state index contributed by atoms with van der Waals surface area (Å²) in [5.41, 5.74) is 3.20. The molecule has 2 aromatic carbocycles. The average molecular weight is 359 g/mol. The van der Waals surface area contributed by atoms with Crippen molar-refractivity contribution in [1.82, 2.24) is 0 Å². The van der Waals surface area contributed by atoms with Gasteiger partial charge in [-0.25, -0.2) is 8.42 Å². The molecule has 0 radical (unpaired) electrons. The summed E-state index contributed by atoms with van der Waals surface area (Å²) in [7, 11) is -3.70. The number of carbonyl (C=O) groups excluding carboxylic acids is 1. The fourth-order valence-corrected chi connectivity index (χ4v) is 4.42. The van der Waals surface area contributed by atoms with Gasteiger partial charge in [-0.05, 0) is 50.5 Å². The molecule has 0 saturated carbocycles. The Kier molecular flexibility index (Phi) is 5.68. The van der Waals surface area contributed by atoms with E-state index in [1.807, 2.05) is 45.9 Å². The van der Waals surface area contributed by atoms with Gasteiger partial charge in [-0.2, -0.15) is 0 Å². The van der Waals surface area contributed by atoms with Crippen LogP contribution in [0.25, 0.3) is 0 Å². The summed E-state index contributed by atoms with van der Waals surface area (Å²) in [4.78, 5) is 11.6. The van der Waals surface area contributed by atoms with Gasteiger partial charge < -0.3 is 0 Å². The molecule has 0 aliphatic carbocycles. The van der Waals surface area contributed by atoms with Gasteiger partial charge in [-0.3, -0.25) is 9.10 Å². The van der Waals surface area contributed by atoms with E-state index in [0.29, 0.717) is 17.8 Å². The summed E-state index contributed by atoms with van der Waals surface area (Å²) in [6.45, 7) is 9.74. The van der Waals surface area contributed by atoms with Crippen LogP contribution in [0.4, 0.5) is 5.69 Å². The van der Waals surface area contributed by atoms with Gasteiger partial charge in [0.05, 0.1) is 10.6 Å². The fourth-order valence-electron chi connectivity index (χ4n) is 2.73. The Morgan fingerprint density at radius 2 is 1.64 bits per heavy atom. The summed E-state index contributed by atoms with van der Waals surface area (Å²) in [6, 6.07) is 11.9. The van der Waals surface area contributed by atoms with Crippen LogP contribution in [-0.2, 0) is 10.0 Å². The first-order chi connectivity index (χ1) is 11.6. The van der Waals surface area contributed by atoms with E-state index < -0.39 is 10.0 Å². The predicted octanol–water partition coefficient (Wildman–Crippen LogP) is 4.36. The third kappa shape index (κ3) is 4.28. The van der Waals surface area contributed by atoms with Gasteiger partial charge in [0, 0.05) is 12.1 Å². The lowest BCUT2D eigenvalue weighted by molar-refractivity contribution is 0.101. The van der Waals surface area contributed by atoms with Crippen LogP contribution < -0.4 is 4.31 Å². The number of ketones is 1. The highest BCUT2D eigenvalue weighted by molar-refractivity contribution is 7.92. The molecule has 0 N–H and O–H groups in total. The van der Waals surface area contributed by atoms with Crippen LogP contribution in [0.2, 0.25) is 0 Å². The number of hydrogen-bond donors (Lipinski definition) is 0. The molecule has 5 heteroatoms. The lowest BCUT2D eigenvalue weighted by Crippen LogP contribution is -2.34. The molecule has 0 saturated heterocycles. The maximum atomic E-state index is 13.2.